The minimum absolute atomic E-state index is 0.276. The minimum Gasteiger partial charge on any atom is -0.508 e. The van der Waals surface area contributed by atoms with E-state index in [1.54, 1.807) is 18.4 Å². The number of phenolic OH excluding ortho intramolecular Hbond substituents is 1. The van der Waals surface area contributed by atoms with Gasteiger partial charge >= 0.3 is 0 Å². The summed E-state index contributed by atoms with van der Waals surface area (Å²) in [5, 5.41) is 10.6. The van der Waals surface area contributed by atoms with Crippen LogP contribution in [0.3, 0.4) is 0 Å². The second-order valence-electron chi connectivity index (χ2n) is 3.94. The van der Waals surface area contributed by atoms with Gasteiger partial charge in [0.25, 0.3) is 0 Å². The Balaban J connectivity index is 2.32. The molecule has 0 bridgehead atoms. The van der Waals surface area contributed by atoms with Gasteiger partial charge in [0, 0.05) is 10.9 Å². The van der Waals surface area contributed by atoms with Crippen LogP contribution in [0.1, 0.15) is 12.5 Å². The van der Waals surface area contributed by atoms with E-state index < -0.39 is 0 Å². The molecule has 2 heterocycles. The van der Waals surface area contributed by atoms with E-state index in [-0.39, 0.29) is 5.75 Å². The average Bonchev–Trinajstić information content (AvgIpc) is 2.94. The molecule has 3 aromatic rings. The summed E-state index contributed by atoms with van der Waals surface area (Å²) < 4.78 is 5.01. The van der Waals surface area contributed by atoms with E-state index in [9.17, 15) is 5.11 Å². The van der Waals surface area contributed by atoms with Gasteiger partial charge < -0.3 is 14.5 Å². The van der Waals surface area contributed by atoms with Crippen molar-refractivity contribution in [3.8, 4) is 17.1 Å². The summed E-state index contributed by atoms with van der Waals surface area (Å²) in [5.74, 6) is 0.276. The van der Waals surface area contributed by atoms with Crippen LogP contribution < -0.4 is 0 Å². The summed E-state index contributed by atoms with van der Waals surface area (Å²) in [6.45, 7) is 2.08. The fourth-order valence-electron chi connectivity index (χ4n) is 2.16. The molecule has 0 amide bonds. The van der Waals surface area contributed by atoms with Crippen LogP contribution in [0.25, 0.3) is 22.3 Å². The lowest BCUT2D eigenvalue weighted by molar-refractivity contribution is 0.476. The molecule has 2 N–H and O–H groups in total. The molecule has 0 aliphatic heterocycles. The maximum Gasteiger partial charge on any atom is 0.181 e. The fraction of sp³-hybridized carbons (Fsp3) is 0.154. The van der Waals surface area contributed by atoms with Crippen molar-refractivity contribution in [1.82, 2.24) is 9.97 Å². The number of rotatable bonds is 2. The SMILES string of the molecule is CCc1c(-c2cocn2)[nH]c2ccc(O)cc12. The van der Waals surface area contributed by atoms with Crippen LogP contribution in [0.4, 0.5) is 0 Å². The number of aromatic amines is 1. The van der Waals surface area contributed by atoms with Crippen molar-refractivity contribution in [3.63, 3.8) is 0 Å². The largest absolute Gasteiger partial charge is 0.508 e. The van der Waals surface area contributed by atoms with Gasteiger partial charge in [0.1, 0.15) is 17.7 Å². The molecule has 0 spiro atoms. The summed E-state index contributed by atoms with van der Waals surface area (Å²) in [7, 11) is 0. The molecule has 0 unspecified atom stereocenters. The first-order chi connectivity index (χ1) is 8.29. The van der Waals surface area contributed by atoms with Crippen molar-refractivity contribution in [2.24, 2.45) is 0 Å². The number of benzene rings is 1. The van der Waals surface area contributed by atoms with E-state index in [4.69, 9.17) is 4.42 Å². The van der Waals surface area contributed by atoms with Gasteiger partial charge in [-0.3, -0.25) is 0 Å². The van der Waals surface area contributed by atoms with Crippen LogP contribution in [-0.2, 0) is 6.42 Å². The first-order valence-electron chi connectivity index (χ1n) is 5.51. The van der Waals surface area contributed by atoms with E-state index in [0.29, 0.717) is 0 Å². The standard InChI is InChI=1S/C13H12N2O2/c1-2-9-10-5-8(16)3-4-11(10)15-13(9)12-6-17-7-14-12/h3-7,15-16H,2H2,1H3. The molecule has 0 atom stereocenters. The lowest BCUT2D eigenvalue weighted by atomic mass is 10.1. The topological polar surface area (TPSA) is 62.0 Å². The highest BCUT2D eigenvalue weighted by Gasteiger charge is 2.13. The number of fused-ring (bicyclic) bond motifs is 1. The normalized spacial score (nSPS) is 11.1. The quantitative estimate of drug-likeness (QED) is 0.708. The summed E-state index contributed by atoms with van der Waals surface area (Å²) in [5.41, 5.74) is 3.89. The molecule has 0 aliphatic carbocycles. The minimum atomic E-state index is 0.276. The van der Waals surface area contributed by atoms with Crippen LogP contribution >= 0.6 is 0 Å². The van der Waals surface area contributed by atoms with E-state index >= 15 is 0 Å². The van der Waals surface area contributed by atoms with E-state index in [0.717, 1.165) is 34.3 Å². The summed E-state index contributed by atoms with van der Waals surface area (Å²) in [6.07, 6.45) is 3.90. The van der Waals surface area contributed by atoms with Gasteiger partial charge in [-0.25, -0.2) is 4.98 Å². The predicted molar refractivity (Wildman–Crippen MR) is 64.8 cm³/mol. The number of hydrogen-bond donors (Lipinski definition) is 2. The molecule has 1 aromatic carbocycles. The Morgan fingerprint density at radius 1 is 1.41 bits per heavy atom. The van der Waals surface area contributed by atoms with Crippen molar-refractivity contribution in [2.75, 3.05) is 0 Å². The van der Waals surface area contributed by atoms with Crippen molar-refractivity contribution in [2.45, 2.75) is 13.3 Å². The Bertz CT molecular complexity index is 653. The Morgan fingerprint density at radius 3 is 3.00 bits per heavy atom. The second kappa shape index (κ2) is 3.66. The third-order valence-electron chi connectivity index (χ3n) is 2.93. The van der Waals surface area contributed by atoms with Crippen LogP contribution in [0.15, 0.2) is 35.3 Å². The van der Waals surface area contributed by atoms with Gasteiger partial charge in [0.05, 0.1) is 5.69 Å². The number of phenols is 1. The second-order valence-corrected chi connectivity index (χ2v) is 3.94. The van der Waals surface area contributed by atoms with Gasteiger partial charge in [0.2, 0.25) is 0 Å². The Labute approximate surface area is 97.9 Å². The first kappa shape index (κ1) is 9.96. The molecular weight excluding hydrogens is 216 g/mol. The Kier molecular flexibility index (Phi) is 2.14. The number of nitrogens with one attached hydrogen (secondary N) is 1. The van der Waals surface area contributed by atoms with Gasteiger partial charge in [0.15, 0.2) is 6.39 Å². The highest BCUT2D eigenvalue weighted by Crippen LogP contribution is 2.31. The van der Waals surface area contributed by atoms with E-state index in [1.165, 1.54) is 6.39 Å². The highest BCUT2D eigenvalue weighted by molar-refractivity contribution is 5.91. The Morgan fingerprint density at radius 2 is 2.29 bits per heavy atom. The molecule has 0 aliphatic rings. The molecule has 86 valence electrons. The monoisotopic (exact) mass is 228 g/mol. The number of nitrogens with zero attached hydrogens (tertiary/aromatic N) is 1. The van der Waals surface area contributed by atoms with Gasteiger partial charge in [-0.2, -0.15) is 0 Å². The summed E-state index contributed by atoms with van der Waals surface area (Å²) in [4.78, 5) is 7.46. The van der Waals surface area contributed by atoms with Gasteiger partial charge in [-0.1, -0.05) is 6.92 Å². The lowest BCUT2D eigenvalue weighted by Gasteiger charge is -1.97. The van der Waals surface area contributed by atoms with Crippen molar-refractivity contribution < 1.29 is 9.52 Å². The van der Waals surface area contributed by atoms with Crippen molar-refractivity contribution >= 4 is 10.9 Å². The molecule has 0 saturated heterocycles. The predicted octanol–water partition coefficient (Wildman–Crippen LogP) is 3.09. The molecule has 0 saturated carbocycles. The van der Waals surface area contributed by atoms with E-state index in [1.807, 2.05) is 6.07 Å². The smallest absolute Gasteiger partial charge is 0.181 e. The number of aromatic hydroxyl groups is 1. The maximum atomic E-state index is 9.54. The van der Waals surface area contributed by atoms with E-state index in [2.05, 4.69) is 16.9 Å². The van der Waals surface area contributed by atoms with Crippen LogP contribution in [0.2, 0.25) is 0 Å². The number of oxazole rings is 1. The molecule has 4 heteroatoms. The van der Waals surface area contributed by atoms with Crippen LogP contribution in [-0.4, -0.2) is 15.1 Å². The number of aryl methyl sites for hydroxylation is 1. The zero-order valence-electron chi connectivity index (χ0n) is 9.40. The fourth-order valence-corrected chi connectivity index (χ4v) is 2.16. The lowest BCUT2D eigenvalue weighted by Crippen LogP contribution is -1.84. The average molecular weight is 228 g/mol. The molecular formula is C13H12N2O2. The third kappa shape index (κ3) is 1.49. The van der Waals surface area contributed by atoms with Crippen molar-refractivity contribution in [3.05, 3.63) is 36.4 Å². The van der Waals surface area contributed by atoms with Gasteiger partial charge in [-0.05, 0) is 30.2 Å². The zero-order valence-corrected chi connectivity index (χ0v) is 9.40. The first-order valence-corrected chi connectivity index (χ1v) is 5.51. The highest BCUT2D eigenvalue weighted by atomic mass is 16.3. The number of H-pyrrole nitrogens is 1. The number of hydrogen-bond acceptors (Lipinski definition) is 3. The third-order valence-corrected chi connectivity index (χ3v) is 2.93. The van der Waals surface area contributed by atoms with Crippen molar-refractivity contribution in [1.29, 1.82) is 0 Å². The zero-order chi connectivity index (χ0) is 11.8. The maximum absolute atomic E-state index is 9.54. The molecule has 0 fully saturated rings. The molecule has 3 rings (SSSR count). The molecule has 17 heavy (non-hydrogen) atoms. The molecule has 4 nitrogen and oxygen atoms in total. The molecule has 2 aromatic heterocycles. The molecule has 0 radical (unpaired) electrons. The summed E-state index contributed by atoms with van der Waals surface area (Å²) >= 11 is 0. The number of aromatic nitrogens is 2. The van der Waals surface area contributed by atoms with Crippen LogP contribution in [0.5, 0.6) is 5.75 Å². The Hall–Kier alpha value is -2.23. The summed E-state index contributed by atoms with van der Waals surface area (Å²) in [6, 6.07) is 5.31. The van der Waals surface area contributed by atoms with Gasteiger partial charge in [-0.15, -0.1) is 0 Å². The van der Waals surface area contributed by atoms with Crippen LogP contribution in [0, 0.1) is 0 Å².